The zero-order valence-electron chi connectivity index (χ0n) is 29.5. The Morgan fingerprint density at radius 2 is 1.55 bits per heavy atom. The first-order chi connectivity index (χ1) is 21.8. The fraction of sp³-hybridized carbons (Fsp3) is 0.771. The van der Waals surface area contributed by atoms with Gasteiger partial charge in [-0.2, -0.15) is 0 Å². The third kappa shape index (κ3) is 10.3. The molecule has 3 fully saturated rings. The Kier molecular flexibility index (Phi) is 12.3. The summed E-state index contributed by atoms with van der Waals surface area (Å²) < 4.78 is 10.7. The number of nitrogens with zero attached hydrogens (tertiary/aromatic N) is 1. The van der Waals surface area contributed by atoms with Crippen molar-refractivity contribution < 1.29 is 38.2 Å². The summed E-state index contributed by atoms with van der Waals surface area (Å²) in [6, 6.07) is -2.88. The van der Waals surface area contributed by atoms with Crippen molar-refractivity contribution >= 4 is 35.6 Å². The molecule has 47 heavy (non-hydrogen) atoms. The van der Waals surface area contributed by atoms with E-state index in [1.54, 1.807) is 52.5 Å². The molecule has 1 saturated heterocycles. The Balaban J connectivity index is 1.77. The molecule has 0 aromatic heterocycles. The maximum Gasteiger partial charge on any atom is 0.408 e. The Labute approximate surface area is 279 Å². The maximum atomic E-state index is 14.3. The second-order valence-electron chi connectivity index (χ2n) is 15.8. The summed E-state index contributed by atoms with van der Waals surface area (Å²) in [5.74, 6) is -3.29. The van der Waals surface area contributed by atoms with Gasteiger partial charge in [-0.25, -0.2) is 4.79 Å². The third-order valence-electron chi connectivity index (χ3n) is 9.37. The molecular formula is C35H56N4O8. The standard InChI is InChI=1S/C35H56N4O8/c1-10-11-17-23(28(41)30(43)36-19-18-24(40)46-33(2,3)4)37-29(42)27-25-22(35(25,8)9)20-39(27)31(44)26(21-15-13-12-14-16-21)38-32(45)47-34(5,6)7/h10,21-23,25-27H,1,11-20H2,2-9H3,(H,36,43)(H,37,42)(H,38,45)/t22-,23-,25-,26-,27?/m0/s1. The number of Topliss-reactive ketones (excluding diaryl/α,β-unsaturated/α-hetero) is 1. The number of piperidine rings is 1. The Hall–Kier alpha value is -3.44. The molecule has 2 saturated carbocycles. The SMILES string of the molecule is C=CCC[C@H](NC(=O)C1[C@@H]2[C@H](CN1C(=O)[C@@H](NC(=O)OC(C)(C)C)C1CCCCC1)C2(C)C)C(=O)C(=O)NCCC(=O)OC(C)(C)C. The van der Waals surface area contributed by atoms with Crippen LogP contribution in [0.4, 0.5) is 4.79 Å². The molecule has 0 aromatic carbocycles. The van der Waals surface area contributed by atoms with Crippen LogP contribution in [0, 0.1) is 23.2 Å². The smallest absolute Gasteiger partial charge is 0.408 e. The number of hydrogen-bond acceptors (Lipinski definition) is 8. The number of ether oxygens (including phenoxy) is 2. The summed E-state index contributed by atoms with van der Waals surface area (Å²) >= 11 is 0. The van der Waals surface area contributed by atoms with E-state index in [0.29, 0.717) is 13.0 Å². The molecule has 3 rings (SSSR count). The minimum absolute atomic E-state index is 0.0780. The zero-order valence-corrected chi connectivity index (χ0v) is 29.5. The Bertz CT molecular complexity index is 1210. The molecule has 0 radical (unpaired) electrons. The number of ketones is 1. The second-order valence-corrected chi connectivity index (χ2v) is 15.8. The number of nitrogens with one attached hydrogen (secondary N) is 3. The van der Waals surface area contributed by atoms with E-state index in [0.717, 1.165) is 32.1 Å². The van der Waals surface area contributed by atoms with Gasteiger partial charge in [0.25, 0.3) is 5.91 Å². The van der Waals surface area contributed by atoms with Gasteiger partial charge in [-0.1, -0.05) is 39.2 Å². The first-order valence-corrected chi connectivity index (χ1v) is 17.0. The summed E-state index contributed by atoms with van der Waals surface area (Å²) in [5.41, 5.74) is -1.62. The lowest BCUT2D eigenvalue weighted by atomic mass is 9.83. The first-order valence-electron chi connectivity index (χ1n) is 17.0. The highest BCUT2D eigenvalue weighted by Crippen LogP contribution is 2.65. The monoisotopic (exact) mass is 660 g/mol. The largest absolute Gasteiger partial charge is 0.460 e. The molecule has 5 atom stereocenters. The first kappa shape index (κ1) is 38.0. The van der Waals surface area contributed by atoms with Gasteiger partial charge in [0.2, 0.25) is 17.6 Å². The van der Waals surface area contributed by atoms with Crippen molar-refractivity contribution in [3.8, 4) is 0 Å². The molecule has 1 heterocycles. The molecular weight excluding hydrogens is 604 g/mol. The van der Waals surface area contributed by atoms with E-state index in [4.69, 9.17) is 9.47 Å². The van der Waals surface area contributed by atoms with Crippen LogP contribution in [0.2, 0.25) is 0 Å². The predicted molar refractivity (Wildman–Crippen MR) is 176 cm³/mol. The average Bonchev–Trinajstić information content (AvgIpc) is 3.26. The van der Waals surface area contributed by atoms with Crippen molar-refractivity contribution in [1.29, 1.82) is 0 Å². The lowest BCUT2D eigenvalue weighted by molar-refractivity contribution is -0.154. The predicted octanol–water partition coefficient (Wildman–Crippen LogP) is 3.81. The summed E-state index contributed by atoms with van der Waals surface area (Å²) in [7, 11) is 0. The van der Waals surface area contributed by atoms with Gasteiger partial charge in [0.15, 0.2) is 0 Å². The van der Waals surface area contributed by atoms with Gasteiger partial charge in [-0.05, 0) is 90.4 Å². The van der Waals surface area contributed by atoms with Gasteiger partial charge in [0.05, 0.1) is 12.5 Å². The number of carbonyl (C=O) groups is 6. The minimum atomic E-state index is -1.16. The highest BCUT2D eigenvalue weighted by atomic mass is 16.6. The molecule has 12 heteroatoms. The fourth-order valence-corrected chi connectivity index (χ4v) is 7.00. The normalized spacial score (nSPS) is 23.4. The van der Waals surface area contributed by atoms with Crippen molar-refractivity contribution in [2.45, 2.75) is 136 Å². The van der Waals surface area contributed by atoms with Crippen LogP contribution in [0.5, 0.6) is 0 Å². The van der Waals surface area contributed by atoms with Gasteiger partial charge in [0, 0.05) is 13.1 Å². The van der Waals surface area contributed by atoms with Gasteiger partial charge < -0.3 is 30.3 Å². The number of rotatable bonds is 13. The minimum Gasteiger partial charge on any atom is -0.460 e. The number of esters is 1. The summed E-state index contributed by atoms with van der Waals surface area (Å²) in [5, 5.41) is 8.07. The molecule has 3 N–H and O–H groups in total. The molecule has 0 bridgehead atoms. The highest BCUT2D eigenvalue weighted by Gasteiger charge is 2.69. The van der Waals surface area contributed by atoms with Crippen LogP contribution in [0.15, 0.2) is 12.7 Å². The molecule has 0 spiro atoms. The number of hydrogen-bond donors (Lipinski definition) is 3. The topological polar surface area (TPSA) is 160 Å². The van der Waals surface area contributed by atoms with E-state index >= 15 is 0 Å². The summed E-state index contributed by atoms with van der Waals surface area (Å²) in [6.07, 6.45) is 5.79. The highest BCUT2D eigenvalue weighted by molar-refractivity contribution is 6.38. The van der Waals surface area contributed by atoms with Gasteiger partial charge >= 0.3 is 12.1 Å². The van der Waals surface area contributed by atoms with Crippen molar-refractivity contribution in [2.75, 3.05) is 13.1 Å². The zero-order chi connectivity index (χ0) is 35.3. The number of allylic oxidation sites excluding steroid dienone is 1. The van der Waals surface area contributed by atoms with E-state index in [1.807, 2.05) is 0 Å². The Morgan fingerprint density at radius 1 is 0.936 bits per heavy atom. The van der Waals surface area contributed by atoms with Gasteiger partial charge in [-0.15, -0.1) is 6.58 Å². The number of alkyl carbamates (subject to hydrolysis) is 1. The maximum absolute atomic E-state index is 14.3. The van der Waals surface area contributed by atoms with Crippen LogP contribution in [0.3, 0.4) is 0 Å². The number of likely N-dealkylation sites (tertiary alicyclic amines) is 1. The Morgan fingerprint density at radius 3 is 2.13 bits per heavy atom. The molecule has 1 unspecified atom stereocenters. The fourth-order valence-electron chi connectivity index (χ4n) is 7.00. The van der Waals surface area contributed by atoms with E-state index in [-0.39, 0.29) is 48.5 Å². The molecule has 3 aliphatic rings. The number of amides is 4. The number of carbonyl (C=O) groups excluding carboxylic acids is 6. The van der Waals surface area contributed by atoms with Crippen LogP contribution in [0.25, 0.3) is 0 Å². The molecule has 264 valence electrons. The number of fused-ring (bicyclic) bond motifs is 1. The lowest BCUT2D eigenvalue weighted by Gasteiger charge is -2.37. The quantitative estimate of drug-likeness (QED) is 0.153. The summed E-state index contributed by atoms with van der Waals surface area (Å²) in [4.78, 5) is 80.9. The average molecular weight is 661 g/mol. The van der Waals surface area contributed by atoms with E-state index < -0.39 is 59.0 Å². The van der Waals surface area contributed by atoms with E-state index in [1.165, 1.54) is 0 Å². The van der Waals surface area contributed by atoms with E-state index in [2.05, 4.69) is 36.4 Å². The summed E-state index contributed by atoms with van der Waals surface area (Å²) in [6.45, 7) is 18.5. The van der Waals surface area contributed by atoms with Crippen LogP contribution in [-0.2, 0) is 33.4 Å². The molecule has 1 aliphatic heterocycles. The van der Waals surface area contributed by atoms with Crippen LogP contribution >= 0.6 is 0 Å². The molecule has 0 aromatic rings. The van der Waals surface area contributed by atoms with Crippen molar-refractivity contribution in [1.82, 2.24) is 20.9 Å². The third-order valence-corrected chi connectivity index (χ3v) is 9.37. The molecule has 4 amide bonds. The van der Waals surface area contributed by atoms with Gasteiger partial charge in [-0.3, -0.25) is 24.0 Å². The van der Waals surface area contributed by atoms with Crippen LogP contribution in [0.1, 0.15) is 107 Å². The molecule has 12 nitrogen and oxygen atoms in total. The van der Waals surface area contributed by atoms with Crippen LogP contribution < -0.4 is 16.0 Å². The molecule has 2 aliphatic carbocycles. The van der Waals surface area contributed by atoms with Gasteiger partial charge in [0.1, 0.15) is 23.3 Å². The van der Waals surface area contributed by atoms with E-state index in [9.17, 15) is 28.8 Å². The van der Waals surface area contributed by atoms with Crippen molar-refractivity contribution in [2.24, 2.45) is 23.2 Å². The van der Waals surface area contributed by atoms with Crippen molar-refractivity contribution in [3.05, 3.63) is 12.7 Å². The van der Waals surface area contributed by atoms with Crippen molar-refractivity contribution in [3.63, 3.8) is 0 Å². The van der Waals surface area contributed by atoms with Crippen LogP contribution in [-0.4, -0.2) is 82.9 Å². The lowest BCUT2D eigenvalue weighted by Crippen LogP contribution is -2.59. The second kappa shape index (κ2) is 15.2.